The lowest BCUT2D eigenvalue weighted by molar-refractivity contribution is -0.155. The number of alkyl carbamates (subject to hydrolysis) is 1. The number of hydrogen-bond donors (Lipinski definition) is 3. The maximum absolute atomic E-state index is 12.5. The summed E-state index contributed by atoms with van der Waals surface area (Å²) in [5.74, 6) is -0.118. The predicted molar refractivity (Wildman–Crippen MR) is 162 cm³/mol. The maximum Gasteiger partial charge on any atom is 0.407 e. The lowest BCUT2D eigenvalue weighted by Crippen LogP contribution is -2.51. The Morgan fingerprint density at radius 3 is 2.67 bits per heavy atom. The smallest absolute Gasteiger partial charge is 0.407 e. The Balaban J connectivity index is 1.62. The zero-order chi connectivity index (χ0) is 31.7. The molecule has 0 aliphatic carbocycles. The number of allylic oxidation sites excluding steroid dienone is 3. The van der Waals surface area contributed by atoms with Crippen LogP contribution in [0.1, 0.15) is 45.6 Å². The Labute approximate surface area is 258 Å². The summed E-state index contributed by atoms with van der Waals surface area (Å²) < 4.78 is 28.3. The Hall–Kier alpha value is -3.12. The van der Waals surface area contributed by atoms with Crippen molar-refractivity contribution in [2.24, 2.45) is 0 Å². The van der Waals surface area contributed by atoms with Gasteiger partial charge >= 0.3 is 12.1 Å². The number of esters is 1. The summed E-state index contributed by atoms with van der Waals surface area (Å²) in [7, 11) is 6.35. The van der Waals surface area contributed by atoms with Crippen molar-refractivity contribution in [2.45, 2.75) is 88.6 Å². The molecule has 0 aromatic heterocycles. The number of halogens is 1. The Morgan fingerprint density at radius 2 is 2.02 bits per heavy atom. The van der Waals surface area contributed by atoms with Gasteiger partial charge in [-0.2, -0.15) is 0 Å². The van der Waals surface area contributed by atoms with Crippen molar-refractivity contribution in [3.05, 3.63) is 52.6 Å². The number of epoxide rings is 1. The van der Waals surface area contributed by atoms with E-state index >= 15 is 0 Å². The number of methoxy groups -OCH3 is 2. The molecule has 2 saturated heterocycles. The van der Waals surface area contributed by atoms with E-state index in [1.807, 2.05) is 43.4 Å². The third-order valence-electron chi connectivity index (χ3n) is 7.93. The van der Waals surface area contributed by atoms with E-state index in [2.05, 4.69) is 16.0 Å². The molecule has 0 spiro atoms. The summed E-state index contributed by atoms with van der Waals surface area (Å²) >= 11 is 6.13. The number of carbonyl (C=O) groups excluding carboxylic acids is 3. The number of ether oxygens (including phenoxy) is 5. The molecular weight excluding hydrogens is 578 g/mol. The normalized spacial score (nSPS) is 25.7. The van der Waals surface area contributed by atoms with Crippen molar-refractivity contribution in [3.8, 4) is 5.75 Å². The van der Waals surface area contributed by atoms with Gasteiger partial charge < -0.3 is 39.6 Å². The molecule has 2 aliphatic heterocycles. The number of likely N-dealkylation sites (N-methyl/N-ethyl adjacent to an activating group) is 1. The summed E-state index contributed by atoms with van der Waals surface area (Å²) in [5, 5.41) is 8.83. The van der Waals surface area contributed by atoms with Gasteiger partial charge in [0.2, 0.25) is 5.91 Å². The largest absolute Gasteiger partial charge is 0.495 e. The first kappa shape index (κ1) is 34.4. The van der Waals surface area contributed by atoms with Gasteiger partial charge in [0.25, 0.3) is 0 Å². The summed E-state index contributed by atoms with van der Waals surface area (Å²) in [5.41, 5.74) is 1.30. The van der Waals surface area contributed by atoms with Crippen molar-refractivity contribution in [1.82, 2.24) is 16.0 Å². The van der Waals surface area contributed by atoms with Gasteiger partial charge in [-0.25, -0.2) is 4.79 Å². The molecule has 0 bridgehead atoms. The van der Waals surface area contributed by atoms with Crippen LogP contribution in [0.15, 0.2) is 42.0 Å². The zero-order valence-electron chi connectivity index (χ0n) is 25.9. The molecule has 3 rings (SSSR count). The molecule has 4 unspecified atom stereocenters. The first-order valence-electron chi connectivity index (χ1n) is 14.4. The fourth-order valence-electron chi connectivity index (χ4n) is 5.06. The molecule has 1 aromatic rings. The van der Waals surface area contributed by atoms with Gasteiger partial charge in [-0.3, -0.25) is 9.59 Å². The Bertz CT molecular complexity index is 1210. The van der Waals surface area contributed by atoms with Crippen LogP contribution in [0.25, 0.3) is 0 Å². The molecule has 1 aromatic carbocycles. The van der Waals surface area contributed by atoms with E-state index in [9.17, 15) is 14.4 Å². The topological polar surface area (TPSA) is 137 Å². The Kier molecular flexibility index (Phi) is 12.4. The van der Waals surface area contributed by atoms with E-state index in [-0.39, 0.29) is 24.5 Å². The van der Waals surface area contributed by atoms with Crippen molar-refractivity contribution in [3.63, 3.8) is 0 Å². The lowest BCUT2D eigenvalue weighted by Gasteiger charge is -2.33. The van der Waals surface area contributed by atoms with Crippen LogP contribution in [0, 0.1) is 0 Å². The highest BCUT2D eigenvalue weighted by Crippen LogP contribution is 2.45. The highest BCUT2D eigenvalue weighted by molar-refractivity contribution is 6.32. The molecule has 43 heavy (non-hydrogen) atoms. The molecule has 0 saturated carbocycles. The van der Waals surface area contributed by atoms with E-state index in [4.69, 9.17) is 35.3 Å². The van der Waals surface area contributed by atoms with Crippen LogP contribution in [-0.2, 0) is 35.0 Å². The second-order valence-corrected chi connectivity index (χ2v) is 11.5. The first-order valence-corrected chi connectivity index (χ1v) is 14.7. The molecule has 2 fully saturated rings. The minimum Gasteiger partial charge on any atom is -0.495 e. The molecule has 2 amide bonds. The molecule has 11 nitrogen and oxygen atoms in total. The average molecular weight is 622 g/mol. The number of hydrogen-bond acceptors (Lipinski definition) is 9. The SMILES string of the molecule is CNC(=O)C[C@H](OC(=O)[C@@H](C)NC)C1(C)OC1CC1CC([C@@H](/C=C/C=C(\C)Cc2ccc(Cl)c(OC)c2)OC)NC(=O)O1. The standard InChI is InChI=1S/C31H44ClN3O8/c1-18(13-20-11-12-22(32)25(14-20)40-7)9-8-10-24(39-6)23-15-21(41-30(38)35-23)16-27-31(3,43-27)26(17-28(36)34-5)42-29(37)19(2)33-4/h8-12,14,19,21,23-24,26-27,33H,13,15-17H2,1-7H3,(H,34,36)(H,35,38)/b10-8+,18-9+/t19-,21?,23?,24-,26+,27?,31?/m1/s1. The summed E-state index contributed by atoms with van der Waals surface area (Å²) in [6.45, 7) is 5.51. The van der Waals surface area contributed by atoms with Gasteiger partial charge in [0.1, 0.15) is 29.6 Å². The van der Waals surface area contributed by atoms with Crippen molar-refractivity contribution < 1.29 is 38.1 Å². The summed E-state index contributed by atoms with van der Waals surface area (Å²) in [4.78, 5) is 37.2. The van der Waals surface area contributed by atoms with Gasteiger partial charge in [-0.05, 0) is 51.9 Å². The van der Waals surface area contributed by atoms with E-state index in [1.54, 1.807) is 35.1 Å². The number of rotatable bonds is 15. The summed E-state index contributed by atoms with van der Waals surface area (Å²) in [6.07, 6.45) is 4.78. The zero-order valence-corrected chi connectivity index (χ0v) is 26.7. The van der Waals surface area contributed by atoms with E-state index in [0.717, 1.165) is 17.6 Å². The monoisotopic (exact) mass is 621 g/mol. The van der Waals surface area contributed by atoms with Crippen LogP contribution < -0.4 is 20.7 Å². The minimum atomic E-state index is -0.889. The van der Waals surface area contributed by atoms with E-state index in [1.165, 1.54) is 7.05 Å². The molecule has 238 valence electrons. The highest BCUT2D eigenvalue weighted by Gasteiger charge is 2.60. The van der Waals surface area contributed by atoms with Crippen LogP contribution in [-0.4, -0.2) is 88.4 Å². The van der Waals surface area contributed by atoms with Gasteiger partial charge in [0.15, 0.2) is 0 Å². The van der Waals surface area contributed by atoms with Gasteiger partial charge in [-0.1, -0.05) is 41.5 Å². The number of benzene rings is 1. The third-order valence-corrected chi connectivity index (χ3v) is 8.24. The number of nitrogens with one attached hydrogen (secondary N) is 3. The van der Waals surface area contributed by atoms with Crippen LogP contribution in [0.2, 0.25) is 5.02 Å². The second-order valence-electron chi connectivity index (χ2n) is 11.1. The van der Waals surface area contributed by atoms with Crippen LogP contribution in [0.3, 0.4) is 0 Å². The quantitative estimate of drug-likeness (QED) is 0.153. The van der Waals surface area contributed by atoms with E-state index < -0.39 is 42.0 Å². The molecule has 0 radical (unpaired) electrons. The van der Waals surface area contributed by atoms with Gasteiger partial charge in [0.05, 0.1) is 36.8 Å². The lowest BCUT2D eigenvalue weighted by atomic mass is 9.91. The van der Waals surface area contributed by atoms with Gasteiger partial charge in [0, 0.05) is 27.0 Å². The average Bonchev–Trinajstić information content (AvgIpc) is 3.64. The van der Waals surface area contributed by atoms with Crippen LogP contribution in [0.4, 0.5) is 4.79 Å². The first-order chi connectivity index (χ1) is 20.4. The number of cyclic esters (lactones) is 1. The van der Waals surface area contributed by atoms with E-state index in [0.29, 0.717) is 23.6 Å². The molecule has 3 N–H and O–H groups in total. The van der Waals surface area contributed by atoms with Crippen LogP contribution in [0.5, 0.6) is 5.75 Å². The fraction of sp³-hybridized carbons (Fsp3) is 0.581. The number of carbonyl (C=O) groups is 3. The van der Waals surface area contributed by atoms with Crippen molar-refractivity contribution in [2.75, 3.05) is 28.3 Å². The Morgan fingerprint density at radius 1 is 1.28 bits per heavy atom. The minimum absolute atomic E-state index is 0.0463. The maximum atomic E-state index is 12.5. The molecule has 12 heteroatoms. The van der Waals surface area contributed by atoms with Crippen LogP contribution >= 0.6 is 11.6 Å². The third kappa shape index (κ3) is 9.43. The molecule has 2 aliphatic rings. The number of amides is 2. The fourth-order valence-corrected chi connectivity index (χ4v) is 5.25. The van der Waals surface area contributed by atoms with Crippen molar-refractivity contribution in [1.29, 1.82) is 0 Å². The van der Waals surface area contributed by atoms with Crippen molar-refractivity contribution >= 4 is 29.6 Å². The summed E-state index contributed by atoms with van der Waals surface area (Å²) in [6, 6.07) is 4.82. The molecule has 2 heterocycles. The predicted octanol–water partition coefficient (Wildman–Crippen LogP) is 3.48. The van der Waals surface area contributed by atoms with Gasteiger partial charge in [-0.15, -0.1) is 0 Å². The molecular formula is C31H44ClN3O8. The second kappa shape index (κ2) is 15.6. The highest BCUT2D eigenvalue weighted by atomic mass is 35.5. The molecule has 7 atom stereocenters.